The molecule has 5 aromatic rings. The largest absolute Gasteiger partial charge is 0.494 e. The predicted octanol–water partition coefficient (Wildman–Crippen LogP) is 5.10. The van der Waals surface area contributed by atoms with Gasteiger partial charge in [0.25, 0.3) is 5.56 Å². The molecule has 0 saturated carbocycles. The third-order valence-corrected chi connectivity index (χ3v) is 6.55. The number of furan rings is 1. The van der Waals surface area contributed by atoms with Gasteiger partial charge in [-0.3, -0.25) is 9.69 Å². The van der Waals surface area contributed by atoms with Gasteiger partial charge >= 0.3 is 0 Å². The third-order valence-electron chi connectivity index (χ3n) is 6.55. The highest BCUT2D eigenvalue weighted by Crippen LogP contribution is 2.28. The van der Waals surface area contributed by atoms with E-state index in [1.165, 1.54) is 0 Å². The Morgan fingerprint density at radius 3 is 2.68 bits per heavy atom. The van der Waals surface area contributed by atoms with Gasteiger partial charge in [-0.1, -0.05) is 43.7 Å². The number of nitrogens with zero attached hydrogens (tertiary/aromatic N) is 5. The van der Waals surface area contributed by atoms with Gasteiger partial charge in [-0.25, -0.2) is 4.68 Å². The van der Waals surface area contributed by atoms with E-state index in [4.69, 9.17) is 9.15 Å². The second kappa shape index (κ2) is 11.9. The van der Waals surface area contributed by atoms with Crippen LogP contribution in [0.3, 0.4) is 0 Å². The number of rotatable bonds is 12. The molecule has 38 heavy (non-hydrogen) atoms. The number of hydrogen-bond acceptors (Lipinski definition) is 7. The van der Waals surface area contributed by atoms with Gasteiger partial charge in [0.2, 0.25) is 0 Å². The van der Waals surface area contributed by atoms with Crippen LogP contribution < -0.4 is 10.3 Å². The summed E-state index contributed by atoms with van der Waals surface area (Å²) >= 11 is 0. The van der Waals surface area contributed by atoms with E-state index in [1.54, 1.807) is 10.9 Å². The molecule has 196 valence electrons. The first-order valence-electron chi connectivity index (χ1n) is 13.0. The summed E-state index contributed by atoms with van der Waals surface area (Å²) < 4.78 is 13.0. The molecule has 9 nitrogen and oxygen atoms in total. The first-order chi connectivity index (χ1) is 18.6. The van der Waals surface area contributed by atoms with Crippen molar-refractivity contribution in [1.82, 2.24) is 30.1 Å². The summed E-state index contributed by atoms with van der Waals surface area (Å²) in [4.78, 5) is 18.5. The van der Waals surface area contributed by atoms with Gasteiger partial charge in [-0.05, 0) is 65.7 Å². The third kappa shape index (κ3) is 5.84. The standard InChI is InChI=1S/C29H32N6O3/c1-3-9-27(28-31-32-33-35(28)20-25-12-8-15-38-25)34(18-21-10-6-5-7-11-21)19-23-16-22-17-24(37-4-2)13-14-26(22)30-29(23)36/h5-8,10-17,27H,3-4,9,18-20H2,1-2H3,(H,30,36). The first kappa shape index (κ1) is 25.4. The minimum Gasteiger partial charge on any atom is -0.494 e. The van der Waals surface area contributed by atoms with Gasteiger partial charge in [-0.2, -0.15) is 0 Å². The second-order valence-electron chi connectivity index (χ2n) is 9.27. The Morgan fingerprint density at radius 2 is 1.92 bits per heavy atom. The molecular formula is C29H32N6O3. The lowest BCUT2D eigenvalue weighted by atomic mass is 10.1. The van der Waals surface area contributed by atoms with Gasteiger partial charge in [0.15, 0.2) is 5.82 Å². The molecular weight excluding hydrogens is 480 g/mol. The summed E-state index contributed by atoms with van der Waals surface area (Å²) in [6, 6.07) is 21.6. The van der Waals surface area contributed by atoms with Crippen molar-refractivity contribution in [1.29, 1.82) is 0 Å². The fourth-order valence-corrected chi connectivity index (χ4v) is 4.78. The maximum atomic E-state index is 13.2. The van der Waals surface area contributed by atoms with E-state index in [0.29, 0.717) is 31.8 Å². The summed E-state index contributed by atoms with van der Waals surface area (Å²) in [5.74, 6) is 2.30. The summed E-state index contributed by atoms with van der Waals surface area (Å²) in [6.07, 6.45) is 3.40. The summed E-state index contributed by atoms with van der Waals surface area (Å²) in [6.45, 7) is 6.18. The number of tetrazole rings is 1. The number of benzene rings is 2. The second-order valence-corrected chi connectivity index (χ2v) is 9.27. The smallest absolute Gasteiger partial charge is 0.252 e. The number of aromatic amines is 1. The quantitative estimate of drug-likeness (QED) is 0.248. The molecule has 0 aliphatic carbocycles. The Kier molecular flexibility index (Phi) is 7.94. The minimum absolute atomic E-state index is 0.106. The van der Waals surface area contributed by atoms with Gasteiger partial charge in [0.1, 0.15) is 18.1 Å². The van der Waals surface area contributed by atoms with Crippen molar-refractivity contribution < 1.29 is 9.15 Å². The van der Waals surface area contributed by atoms with E-state index in [0.717, 1.165) is 46.6 Å². The SMILES string of the molecule is CCCC(c1nnnn1Cc1ccco1)N(Cc1ccccc1)Cc1cc2cc(OCC)ccc2[nH]c1=O. The maximum absolute atomic E-state index is 13.2. The molecule has 0 radical (unpaired) electrons. The molecule has 0 aliphatic heterocycles. The van der Waals surface area contributed by atoms with Gasteiger partial charge < -0.3 is 14.1 Å². The van der Waals surface area contributed by atoms with Crippen LogP contribution in [0.5, 0.6) is 5.75 Å². The van der Waals surface area contributed by atoms with Gasteiger partial charge in [0, 0.05) is 29.6 Å². The number of ether oxygens (including phenoxy) is 1. The molecule has 0 spiro atoms. The van der Waals surface area contributed by atoms with Crippen LogP contribution in [0.25, 0.3) is 10.9 Å². The van der Waals surface area contributed by atoms with E-state index in [-0.39, 0.29) is 11.6 Å². The van der Waals surface area contributed by atoms with Crippen molar-refractivity contribution in [2.45, 2.75) is 52.4 Å². The van der Waals surface area contributed by atoms with Gasteiger partial charge in [0.05, 0.1) is 18.9 Å². The van der Waals surface area contributed by atoms with Crippen molar-refractivity contribution in [2.75, 3.05) is 6.61 Å². The Balaban J connectivity index is 1.53. The molecule has 0 fully saturated rings. The number of aromatic nitrogens is 5. The summed E-state index contributed by atoms with van der Waals surface area (Å²) in [7, 11) is 0. The average Bonchev–Trinajstić information content (AvgIpc) is 3.61. The zero-order chi connectivity index (χ0) is 26.3. The van der Waals surface area contributed by atoms with E-state index in [2.05, 4.69) is 44.5 Å². The zero-order valence-electron chi connectivity index (χ0n) is 21.7. The normalized spacial score (nSPS) is 12.3. The lowest BCUT2D eigenvalue weighted by Gasteiger charge is -2.31. The molecule has 9 heteroatoms. The fraction of sp³-hybridized carbons (Fsp3) is 0.310. The van der Waals surface area contributed by atoms with Crippen molar-refractivity contribution in [3.05, 3.63) is 106 Å². The van der Waals surface area contributed by atoms with Crippen LogP contribution in [-0.4, -0.2) is 36.7 Å². The summed E-state index contributed by atoms with van der Waals surface area (Å²) in [5.41, 5.74) is 2.50. The van der Waals surface area contributed by atoms with E-state index in [9.17, 15) is 4.79 Å². The van der Waals surface area contributed by atoms with Crippen molar-refractivity contribution in [2.24, 2.45) is 0 Å². The van der Waals surface area contributed by atoms with Crippen LogP contribution in [-0.2, 0) is 19.6 Å². The van der Waals surface area contributed by atoms with Crippen molar-refractivity contribution in [3.63, 3.8) is 0 Å². The predicted molar refractivity (Wildman–Crippen MR) is 145 cm³/mol. The van der Waals surface area contributed by atoms with E-state index >= 15 is 0 Å². The van der Waals surface area contributed by atoms with Crippen LogP contribution >= 0.6 is 0 Å². The number of pyridine rings is 1. The van der Waals surface area contributed by atoms with Crippen LogP contribution in [0.15, 0.2) is 82.2 Å². The molecule has 1 unspecified atom stereocenters. The molecule has 0 bridgehead atoms. The Morgan fingerprint density at radius 1 is 1.05 bits per heavy atom. The number of hydrogen-bond donors (Lipinski definition) is 1. The summed E-state index contributed by atoms with van der Waals surface area (Å²) in [5, 5.41) is 13.6. The van der Waals surface area contributed by atoms with Crippen LogP contribution in [0.1, 0.15) is 55.4 Å². The Labute approximate surface area is 221 Å². The first-order valence-corrected chi connectivity index (χ1v) is 13.0. The number of nitrogens with one attached hydrogen (secondary N) is 1. The highest BCUT2D eigenvalue weighted by atomic mass is 16.5. The topological polar surface area (TPSA) is 102 Å². The minimum atomic E-state index is -0.116. The van der Waals surface area contributed by atoms with E-state index < -0.39 is 0 Å². The molecule has 2 aromatic carbocycles. The van der Waals surface area contributed by atoms with Gasteiger partial charge in [-0.15, -0.1) is 5.10 Å². The highest BCUT2D eigenvalue weighted by molar-refractivity contribution is 5.80. The highest BCUT2D eigenvalue weighted by Gasteiger charge is 2.27. The van der Waals surface area contributed by atoms with E-state index in [1.807, 2.05) is 61.5 Å². The molecule has 1 atom stereocenters. The Bertz CT molecular complexity index is 1510. The monoisotopic (exact) mass is 512 g/mol. The molecule has 1 N–H and O–H groups in total. The fourth-order valence-electron chi connectivity index (χ4n) is 4.78. The molecule has 0 saturated heterocycles. The molecule has 0 aliphatic rings. The maximum Gasteiger partial charge on any atom is 0.252 e. The number of H-pyrrole nitrogens is 1. The molecule has 5 rings (SSSR count). The van der Waals surface area contributed by atoms with Crippen LogP contribution in [0, 0.1) is 0 Å². The van der Waals surface area contributed by atoms with Crippen LogP contribution in [0.2, 0.25) is 0 Å². The average molecular weight is 513 g/mol. The Hall–Kier alpha value is -4.24. The molecule has 3 heterocycles. The van der Waals surface area contributed by atoms with Crippen molar-refractivity contribution >= 4 is 10.9 Å². The lowest BCUT2D eigenvalue weighted by molar-refractivity contribution is 0.155. The van der Waals surface area contributed by atoms with Crippen molar-refractivity contribution in [3.8, 4) is 5.75 Å². The lowest BCUT2D eigenvalue weighted by Crippen LogP contribution is -2.32. The number of fused-ring (bicyclic) bond motifs is 1. The zero-order valence-corrected chi connectivity index (χ0v) is 21.7. The molecule has 0 amide bonds. The molecule has 3 aromatic heterocycles. The van der Waals surface area contributed by atoms with Crippen LogP contribution in [0.4, 0.5) is 0 Å².